The molecule has 0 spiro atoms. The quantitative estimate of drug-likeness (QED) is 0.622. The third-order valence-corrected chi connectivity index (χ3v) is 3.72. The molecule has 0 aliphatic heterocycles. The van der Waals surface area contributed by atoms with Crippen LogP contribution < -0.4 is 4.74 Å². The number of hydrogen-bond acceptors (Lipinski definition) is 2. The minimum absolute atomic E-state index is 0.112. The van der Waals surface area contributed by atoms with E-state index in [4.69, 9.17) is 4.74 Å². The van der Waals surface area contributed by atoms with Crippen molar-refractivity contribution in [2.75, 3.05) is 5.33 Å². The first-order chi connectivity index (χ1) is 8.20. The molecule has 0 saturated heterocycles. The minimum Gasteiger partial charge on any atom is -0.490 e. The lowest BCUT2D eigenvalue weighted by molar-refractivity contribution is 0.102. The fourth-order valence-corrected chi connectivity index (χ4v) is 2.54. The van der Waals surface area contributed by atoms with E-state index in [1.165, 1.54) is 12.8 Å². The highest BCUT2D eigenvalue weighted by molar-refractivity contribution is 9.09. The van der Waals surface area contributed by atoms with Gasteiger partial charge >= 0.3 is 0 Å². The third-order valence-electron chi connectivity index (χ3n) is 3.21. The van der Waals surface area contributed by atoms with Gasteiger partial charge in [-0.3, -0.25) is 4.79 Å². The maximum Gasteiger partial charge on any atom is 0.173 e. The SMILES string of the molecule is Cc1cc(C(=O)CBr)ccc1OC1CCCC1. The molecule has 2 rings (SSSR count). The highest BCUT2D eigenvalue weighted by Crippen LogP contribution is 2.27. The van der Waals surface area contributed by atoms with Crippen molar-refractivity contribution in [3.05, 3.63) is 29.3 Å². The van der Waals surface area contributed by atoms with Crippen LogP contribution >= 0.6 is 15.9 Å². The molecule has 0 atom stereocenters. The molecule has 0 amide bonds. The number of carbonyl (C=O) groups excluding carboxylic acids is 1. The van der Waals surface area contributed by atoms with Gasteiger partial charge in [-0.05, 0) is 56.4 Å². The number of ketones is 1. The molecule has 1 aromatic rings. The van der Waals surface area contributed by atoms with Crippen LogP contribution in [0.2, 0.25) is 0 Å². The summed E-state index contributed by atoms with van der Waals surface area (Å²) in [4.78, 5) is 11.5. The Bertz CT molecular complexity index is 409. The lowest BCUT2D eigenvalue weighted by Crippen LogP contribution is -2.12. The molecule has 2 nitrogen and oxygen atoms in total. The minimum atomic E-state index is 0.112. The van der Waals surface area contributed by atoms with Gasteiger partial charge < -0.3 is 4.74 Å². The monoisotopic (exact) mass is 296 g/mol. The first-order valence-corrected chi connectivity index (χ1v) is 7.19. The number of alkyl halides is 1. The Morgan fingerprint density at radius 2 is 2.12 bits per heavy atom. The van der Waals surface area contributed by atoms with E-state index < -0.39 is 0 Å². The molecule has 1 fully saturated rings. The van der Waals surface area contributed by atoms with Crippen molar-refractivity contribution < 1.29 is 9.53 Å². The van der Waals surface area contributed by atoms with E-state index in [0.29, 0.717) is 11.4 Å². The number of carbonyl (C=O) groups is 1. The van der Waals surface area contributed by atoms with E-state index >= 15 is 0 Å². The molecule has 0 N–H and O–H groups in total. The van der Waals surface area contributed by atoms with Gasteiger partial charge in [-0.2, -0.15) is 0 Å². The Hall–Kier alpha value is -0.830. The van der Waals surface area contributed by atoms with E-state index in [0.717, 1.165) is 29.7 Å². The average Bonchev–Trinajstić information content (AvgIpc) is 2.83. The average molecular weight is 297 g/mol. The highest BCUT2D eigenvalue weighted by Gasteiger charge is 2.17. The van der Waals surface area contributed by atoms with Gasteiger partial charge in [0.15, 0.2) is 5.78 Å². The van der Waals surface area contributed by atoms with E-state index in [1.807, 2.05) is 25.1 Å². The second kappa shape index (κ2) is 5.67. The highest BCUT2D eigenvalue weighted by atomic mass is 79.9. The van der Waals surface area contributed by atoms with E-state index in [1.54, 1.807) is 0 Å². The van der Waals surface area contributed by atoms with Crippen molar-refractivity contribution in [3.63, 3.8) is 0 Å². The van der Waals surface area contributed by atoms with E-state index in [9.17, 15) is 4.79 Å². The van der Waals surface area contributed by atoms with Crippen molar-refractivity contribution in [2.45, 2.75) is 38.7 Å². The maximum absolute atomic E-state index is 11.5. The number of aryl methyl sites for hydroxylation is 1. The van der Waals surface area contributed by atoms with Crippen LogP contribution in [-0.4, -0.2) is 17.2 Å². The molecule has 0 heterocycles. The smallest absolute Gasteiger partial charge is 0.173 e. The summed E-state index contributed by atoms with van der Waals surface area (Å²) in [6.45, 7) is 2.00. The normalized spacial score (nSPS) is 16.1. The van der Waals surface area contributed by atoms with Crippen LogP contribution in [0.4, 0.5) is 0 Å². The van der Waals surface area contributed by atoms with Crippen LogP contribution in [0.1, 0.15) is 41.6 Å². The lowest BCUT2D eigenvalue weighted by atomic mass is 10.1. The van der Waals surface area contributed by atoms with Crippen LogP contribution in [0, 0.1) is 6.92 Å². The fourth-order valence-electron chi connectivity index (χ4n) is 2.22. The largest absolute Gasteiger partial charge is 0.490 e. The van der Waals surface area contributed by atoms with Gasteiger partial charge in [0.2, 0.25) is 0 Å². The Morgan fingerprint density at radius 3 is 2.71 bits per heavy atom. The van der Waals surface area contributed by atoms with Crippen LogP contribution in [0.25, 0.3) is 0 Å². The number of halogens is 1. The predicted octanol–water partition coefficient (Wildman–Crippen LogP) is 3.89. The number of Topliss-reactive ketones (excluding diaryl/α,β-unsaturated/α-hetero) is 1. The summed E-state index contributed by atoms with van der Waals surface area (Å²) in [6, 6.07) is 5.68. The molecule has 1 saturated carbocycles. The predicted molar refractivity (Wildman–Crippen MR) is 72.2 cm³/mol. The topological polar surface area (TPSA) is 26.3 Å². The van der Waals surface area contributed by atoms with Crippen LogP contribution in [0.5, 0.6) is 5.75 Å². The summed E-state index contributed by atoms with van der Waals surface area (Å²) in [5, 5.41) is 0.370. The van der Waals surface area contributed by atoms with Crippen molar-refractivity contribution in [2.24, 2.45) is 0 Å². The molecule has 1 aliphatic rings. The van der Waals surface area contributed by atoms with Gasteiger partial charge in [0.25, 0.3) is 0 Å². The van der Waals surface area contributed by atoms with Crippen LogP contribution in [0.15, 0.2) is 18.2 Å². The molecule has 0 unspecified atom stereocenters. The summed E-state index contributed by atoms with van der Waals surface area (Å²) >= 11 is 3.18. The number of benzene rings is 1. The van der Waals surface area contributed by atoms with Gasteiger partial charge in [0.05, 0.1) is 11.4 Å². The summed E-state index contributed by atoms with van der Waals surface area (Å²) in [7, 11) is 0. The summed E-state index contributed by atoms with van der Waals surface area (Å²) in [5.74, 6) is 1.03. The molecule has 0 bridgehead atoms. The second-order valence-corrected chi connectivity index (χ2v) is 5.12. The molecule has 1 aromatic carbocycles. The second-order valence-electron chi connectivity index (χ2n) is 4.56. The van der Waals surface area contributed by atoms with Gasteiger partial charge in [-0.15, -0.1) is 0 Å². The summed E-state index contributed by atoms with van der Waals surface area (Å²) < 4.78 is 5.95. The summed E-state index contributed by atoms with van der Waals surface area (Å²) in [6.07, 6.45) is 5.21. The maximum atomic E-state index is 11.5. The van der Waals surface area contributed by atoms with Crippen LogP contribution in [-0.2, 0) is 0 Å². The Balaban J connectivity index is 2.10. The standard InChI is InChI=1S/C14H17BrO2/c1-10-8-11(13(16)9-15)6-7-14(10)17-12-4-2-3-5-12/h6-8,12H,2-5,9H2,1H3. The summed E-state index contributed by atoms with van der Waals surface area (Å²) in [5.41, 5.74) is 1.79. The molecule has 17 heavy (non-hydrogen) atoms. The van der Waals surface area contributed by atoms with Gasteiger partial charge in [-0.25, -0.2) is 0 Å². The van der Waals surface area contributed by atoms with Gasteiger partial charge in [0.1, 0.15) is 5.75 Å². The van der Waals surface area contributed by atoms with Gasteiger partial charge in [0, 0.05) is 5.56 Å². The van der Waals surface area contributed by atoms with Crippen molar-refractivity contribution >= 4 is 21.7 Å². The zero-order valence-electron chi connectivity index (χ0n) is 10.0. The van der Waals surface area contributed by atoms with Crippen molar-refractivity contribution in [3.8, 4) is 5.75 Å². The molecule has 92 valence electrons. The number of rotatable bonds is 4. The number of hydrogen-bond donors (Lipinski definition) is 0. The molecule has 0 aromatic heterocycles. The lowest BCUT2D eigenvalue weighted by Gasteiger charge is -2.15. The molecular weight excluding hydrogens is 280 g/mol. The molecule has 0 radical (unpaired) electrons. The van der Waals surface area contributed by atoms with Crippen LogP contribution in [0.3, 0.4) is 0 Å². The zero-order chi connectivity index (χ0) is 12.3. The van der Waals surface area contributed by atoms with E-state index in [-0.39, 0.29) is 5.78 Å². The van der Waals surface area contributed by atoms with Crippen molar-refractivity contribution in [1.82, 2.24) is 0 Å². The molecule has 3 heteroatoms. The number of ether oxygens (including phenoxy) is 1. The van der Waals surface area contributed by atoms with Crippen molar-refractivity contribution in [1.29, 1.82) is 0 Å². The Morgan fingerprint density at radius 1 is 1.41 bits per heavy atom. The van der Waals surface area contributed by atoms with E-state index in [2.05, 4.69) is 15.9 Å². The van der Waals surface area contributed by atoms with Gasteiger partial charge in [-0.1, -0.05) is 15.9 Å². The fraction of sp³-hybridized carbons (Fsp3) is 0.500. The first-order valence-electron chi connectivity index (χ1n) is 6.07. The Labute approximate surface area is 110 Å². The third kappa shape index (κ3) is 3.09. The first kappa shape index (κ1) is 12.6. The Kier molecular flexibility index (Phi) is 4.21. The molecular formula is C14H17BrO2. The molecule has 1 aliphatic carbocycles. The zero-order valence-corrected chi connectivity index (χ0v) is 11.6.